The normalized spacial score (nSPS) is 10.6. The van der Waals surface area contributed by atoms with E-state index in [9.17, 15) is 19.2 Å². The third-order valence-electron chi connectivity index (χ3n) is 2.65. The number of nitrogens with one attached hydrogen (secondary N) is 1. The van der Waals surface area contributed by atoms with E-state index < -0.39 is 30.1 Å². The molecule has 138 valence electrons. The standard InChI is InChI=1S/C8H8N2O3.C6H13N3O3/c9-6-3-1-5(2-4-6)7(11)13-8(10)12;7-4(5(10)11)2-1-3-9-6(8)12/h1-4H,9H2,(H2,10,12);4H,1-3,7H2,(H,10,11)(H3,8,9,12). The van der Waals surface area contributed by atoms with Crippen molar-refractivity contribution in [3.05, 3.63) is 29.8 Å². The quantitative estimate of drug-likeness (QED) is 0.166. The number of esters is 1. The van der Waals surface area contributed by atoms with Gasteiger partial charge in [0, 0.05) is 12.2 Å². The van der Waals surface area contributed by atoms with E-state index in [1.54, 1.807) is 0 Å². The summed E-state index contributed by atoms with van der Waals surface area (Å²) in [6, 6.07) is 4.47. The summed E-state index contributed by atoms with van der Waals surface area (Å²) in [7, 11) is 0. The van der Waals surface area contributed by atoms with Crippen LogP contribution in [0.5, 0.6) is 0 Å². The maximum atomic E-state index is 11.0. The average molecular weight is 355 g/mol. The smallest absolute Gasteiger partial charge is 0.412 e. The van der Waals surface area contributed by atoms with Crippen molar-refractivity contribution < 1.29 is 29.0 Å². The van der Waals surface area contributed by atoms with Gasteiger partial charge in [-0.25, -0.2) is 14.4 Å². The molecule has 11 nitrogen and oxygen atoms in total. The zero-order valence-electron chi connectivity index (χ0n) is 13.3. The van der Waals surface area contributed by atoms with E-state index in [-0.39, 0.29) is 5.56 Å². The molecule has 1 unspecified atom stereocenters. The van der Waals surface area contributed by atoms with Crippen LogP contribution in [0.15, 0.2) is 24.3 Å². The van der Waals surface area contributed by atoms with E-state index in [2.05, 4.69) is 15.8 Å². The summed E-state index contributed by atoms with van der Waals surface area (Å²) in [6.45, 7) is 0.357. The number of anilines is 1. The number of amides is 3. The number of ether oxygens (including phenoxy) is 1. The Kier molecular flexibility index (Phi) is 9.73. The van der Waals surface area contributed by atoms with E-state index in [1.165, 1.54) is 24.3 Å². The number of primary amides is 2. The van der Waals surface area contributed by atoms with Crippen LogP contribution in [0.1, 0.15) is 23.2 Å². The highest BCUT2D eigenvalue weighted by Gasteiger charge is 2.10. The molecule has 10 N–H and O–H groups in total. The van der Waals surface area contributed by atoms with Gasteiger partial charge in [0.15, 0.2) is 0 Å². The fourth-order valence-electron chi connectivity index (χ4n) is 1.43. The third-order valence-corrected chi connectivity index (χ3v) is 2.65. The van der Waals surface area contributed by atoms with Crippen molar-refractivity contribution in [2.75, 3.05) is 12.3 Å². The van der Waals surface area contributed by atoms with Gasteiger partial charge in [-0.05, 0) is 37.1 Å². The molecule has 25 heavy (non-hydrogen) atoms. The lowest BCUT2D eigenvalue weighted by Crippen LogP contribution is -2.33. The van der Waals surface area contributed by atoms with Gasteiger partial charge in [0.05, 0.1) is 5.56 Å². The SMILES string of the molecule is NC(=O)NCCCC(N)C(=O)O.NC(=O)OC(=O)c1ccc(N)cc1. The van der Waals surface area contributed by atoms with Crippen LogP contribution in [0, 0.1) is 0 Å². The second-order valence-electron chi connectivity index (χ2n) is 4.71. The van der Waals surface area contributed by atoms with Crippen LogP contribution in [-0.2, 0) is 9.53 Å². The first-order chi connectivity index (χ1) is 11.6. The molecule has 0 aromatic heterocycles. The van der Waals surface area contributed by atoms with E-state index in [0.29, 0.717) is 25.1 Å². The molecule has 0 aliphatic carbocycles. The summed E-state index contributed by atoms with van der Waals surface area (Å²) in [5.74, 6) is -1.82. The Morgan fingerprint density at radius 3 is 2.12 bits per heavy atom. The minimum atomic E-state index is -1.12. The van der Waals surface area contributed by atoms with Crippen LogP contribution >= 0.6 is 0 Å². The number of hydrogen-bond donors (Lipinski definition) is 6. The minimum absolute atomic E-state index is 0.230. The van der Waals surface area contributed by atoms with Crippen molar-refractivity contribution in [1.29, 1.82) is 0 Å². The van der Waals surface area contributed by atoms with Crippen molar-refractivity contribution in [3.8, 4) is 0 Å². The van der Waals surface area contributed by atoms with Gasteiger partial charge in [0.25, 0.3) is 0 Å². The van der Waals surface area contributed by atoms with Crippen molar-refractivity contribution >= 4 is 29.8 Å². The average Bonchev–Trinajstić information content (AvgIpc) is 2.51. The second-order valence-corrected chi connectivity index (χ2v) is 4.71. The largest absolute Gasteiger partial charge is 0.480 e. The van der Waals surface area contributed by atoms with Gasteiger partial charge in [-0.1, -0.05) is 0 Å². The first-order valence-electron chi connectivity index (χ1n) is 7.02. The van der Waals surface area contributed by atoms with Crippen LogP contribution < -0.4 is 28.3 Å². The first kappa shape index (κ1) is 21.7. The lowest BCUT2D eigenvalue weighted by molar-refractivity contribution is -0.138. The highest BCUT2D eigenvalue weighted by molar-refractivity contribution is 5.96. The van der Waals surface area contributed by atoms with Crippen LogP contribution in [0.25, 0.3) is 0 Å². The molecule has 1 rings (SSSR count). The van der Waals surface area contributed by atoms with Crippen molar-refractivity contribution in [2.45, 2.75) is 18.9 Å². The molecule has 1 atom stereocenters. The van der Waals surface area contributed by atoms with Gasteiger partial charge in [-0.15, -0.1) is 0 Å². The topological polar surface area (TPSA) is 214 Å². The molecule has 0 spiro atoms. The fraction of sp³-hybridized carbons (Fsp3) is 0.286. The Labute approximate surface area is 143 Å². The van der Waals surface area contributed by atoms with Gasteiger partial charge in [0.2, 0.25) is 0 Å². The van der Waals surface area contributed by atoms with Crippen LogP contribution in [0.2, 0.25) is 0 Å². The number of urea groups is 1. The van der Waals surface area contributed by atoms with Crippen molar-refractivity contribution in [1.82, 2.24) is 5.32 Å². The zero-order valence-corrected chi connectivity index (χ0v) is 13.3. The fourth-order valence-corrected chi connectivity index (χ4v) is 1.43. The predicted octanol–water partition coefficient (Wildman–Crippen LogP) is -0.649. The van der Waals surface area contributed by atoms with E-state index in [0.717, 1.165) is 0 Å². The number of rotatable bonds is 6. The number of benzene rings is 1. The lowest BCUT2D eigenvalue weighted by atomic mass is 10.2. The Hall–Kier alpha value is -3.34. The molecule has 1 aromatic carbocycles. The van der Waals surface area contributed by atoms with Crippen molar-refractivity contribution in [2.24, 2.45) is 17.2 Å². The summed E-state index contributed by atoms with van der Waals surface area (Å²) < 4.78 is 4.14. The maximum Gasteiger partial charge on any atom is 0.412 e. The highest BCUT2D eigenvalue weighted by atomic mass is 16.6. The number of carboxylic acid groups (broad SMARTS) is 1. The molecule has 1 aromatic rings. The lowest BCUT2D eigenvalue weighted by Gasteiger charge is -2.05. The monoisotopic (exact) mass is 355 g/mol. The van der Waals surface area contributed by atoms with Crippen LogP contribution in [0.3, 0.4) is 0 Å². The van der Waals surface area contributed by atoms with Gasteiger partial charge in [-0.3, -0.25) is 4.79 Å². The molecule has 11 heteroatoms. The van der Waals surface area contributed by atoms with Crippen LogP contribution in [0.4, 0.5) is 15.3 Å². The number of nitrogen functional groups attached to an aromatic ring is 1. The Bertz CT molecular complexity index is 604. The van der Waals surface area contributed by atoms with Gasteiger partial charge in [0.1, 0.15) is 6.04 Å². The van der Waals surface area contributed by atoms with E-state index >= 15 is 0 Å². The number of carboxylic acids is 1. The summed E-state index contributed by atoms with van der Waals surface area (Å²) >= 11 is 0. The molecule has 0 bridgehead atoms. The Balaban J connectivity index is 0.000000463. The van der Waals surface area contributed by atoms with Gasteiger partial charge < -0.3 is 38.1 Å². The molecule has 0 heterocycles. The zero-order chi connectivity index (χ0) is 19.4. The first-order valence-corrected chi connectivity index (χ1v) is 7.02. The minimum Gasteiger partial charge on any atom is -0.480 e. The number of nitrogens with two attached hydrogens (primary N) is 4. The summed E-state index contributed by atoms with van der Waals surface area (Å²) in [6.07, 6.45) is -0.284. The molecule has 0 aliphatic rings. The summed E-state index contributed by atoms with van der Waals surface area (Å²) in [5.41, 5.74) is 20.8. The van der Waals surface area contributed by atoms with Gasteiger partial charge >= 0.3 is 24.1 Å². The van der Waals surface area contributed by atoms with E-state index in [4.69, 9.17) is 22.3 Å². The van der Waals surface area contributed by atoms with Crippen molar-refractivity contribution in [3.63, 3.8) is 0 Å². The Morgan fingerprint density at radius 2 is 1.68 bits per heavy atom. The molecule has 0 fully saturated rings. The highest BCUT2D eigenvalue weighted by Crippen LogP contribution is 2.06. The molecular weight excluding hydrogens is 334 g/mol. The maximum absolute atomic E-state index is 11.0. The number of aliphatic carboxylic acids is 1. The van der Waals surface area contributed by atoms with Gasteiger partial charge in [-0.2, -0.15) is 0 Å². The predicted molar refractivity (Wildman–Crippen MR) is 88.3 cm³/mol. The third kappa shape index (κ3) is 10.9. The molecule has 0 radical (unpaired) electrons. The van der Waals surface area contributed by atoms with E-state index in [1.807, 2.05) is 0 Å². The second kappa shape index (κ2) is 11.2. The molecule has 3 amide bonds. The summed E-state index contributed by atoms with van der Waals surface area (Å²) in [4.78, 5) is 41.5. The number of carbonyl (C=O) groups is 4. The number of hydrogen-bond acceptors (Lipinski definition) is 7. The number of carbonyl (C=O) groups excluding carboxylic acids is 3. The molecule has 0 saturated heterocycles. The molecular formula is C14H21N5O6. The van der Waals surface area contributed by atoms with Crippen LogP contribution in [-0.4, -0.2) is 41.8 Å². The summed E-state index contributed by atoms with van der Waals surface area (Å²) in [5, 5.41) is 10.7. The Morgan fingerprint density at radius 1 is 1.12 bits per heavy atom. The molecule has 0 saturated carbocycles. The molecule has 0 aliphatic heterocycles.